The molecule has 0 bridgehead atoms. The fourth-order valence-corrected chi connectivity index (χ4v) is 2.57. The number of rotatable bonds is 2. The van der Waals surface area contributed by atoms with Crippen LogP contribution in [0.2, 0.25) is 0 Å². The molecule has 1 saturated heterocycles. The van der Waals surface area contributed by atoms with Crippen molar-refractivity contribution >= 4 is 22.4 Å². The van der Waals surface area contributed by atoms with Gasteiger partial charge in [-0.25, -0.2) is 0 Å². The van der Waals surface area contributed by atoms with Crippen molar-refractivity contribution in [3.8, 4) is 0 Å². The van der Waals surface area contributed by atoms with E-state index in [1.807, 2.05) is 12.1 Å². The lowest BCUT2D eigenvalue weighted by Gasteiger charge is -2.34. The van der Waals surface area contributed by atoms with Crippen LogP contribution in [0.25, 0.3) is 10.9 Å². The number of Topliss-reactive ketones (excluding diaryl/α,β-unsaturated/α-hetero) is 1. The van der Waals surface area contributed by atoms with E-state index in [0.29, 0.717) is 5.56 Å². The number of pyridine rings is 1. The van der Waals surface area contributed by atoms with Gasteiger partial charge in [0, 0.05) is 49.0 Å². The molecule has 0 N–H and O–H groups in total. The molecule has 0 aliphatic carbocycles. The van der Waals surface area contributed by atoms with Crippen molar-refractivity contribution in [2.24, 2.45) is 0 Å². The average molecular weight is 269 g/mol. The summed E-state index contributed by atoms with van der Waals surface area (Å²) in [4.78, 5) is 20.5. The minimum atomic E-state index is 0.0596. The number of benzene rings is 1. The third-order valence-corrected chi connectivity index (χ3v) is 3.94. The van der Waals surface area contributed by atoms with Crippen molar-refractivity contribution in [3.05, 3.63) is 36.0 Å². The van der Waals surface area contributed by atoms with Crippen LogP contribution in [0.4, 0.5) is 5.69 Å². The van der Waals surface area contributed by atoms with Crippen LogP contribution < -0.4 is 4.90 Å². The number of likely N-dealkylation sites (N-methyl/N-ethyl adjacent to an activating group) is 1. The third-order valence-electron chi connectivity index (χ3n) is 3.94. The molecule has 0 amide bonds. The predicted octanol–water partition coefficient (Wildman–Crippen LogP) is 2.19. The van der Waals surface area contributed by atoms with Crippen LogP contribution in [0, 0.1) is 0 Å². The van der Waals surface area contributed by atoms with E-state index in [9.17, 15) is 4.79 Å². The van der Waals surface area contributed by atoms with Gasteiger partial charge >= 0.3 is 0 Å². The van der Waals surface area contributed by atoms with Gasteiger partial charge in [-0.2, -0.15) is 0 Å². The Hall–Kier alpha value is -1.94. The van der Waals surface area contributed by atoms with Gasteiger partial charge in [0.2, 0.25) is 0 Å². The minimum Gasteiger partial charge on any atom is -0.369 e. The standard InChI is InChI=1S/C16H19N3O/c1-12(20)14-9-13-10-15(3-4-16(13)17-11-14)19-7-5-18(2)6-8-19/h3-4,9-11H,5-8H2,1-2H3. The topological polar surface area (TPSA) is 36.4 Å². The van der Waals surface area contributed by atoms with Crippen molar-refractivity contribution < 1.29 is 4.79 Å². The van der Waals surface area contributed by atoms with E-state index < -0.39 is 0 Å². The molecule has 0 radical (unpaired) electrons. The lowest BCUT2D eigenvalue weighted by Crippen LogP contribution is -2.44. The number of hydrogen-bond donors (Lipinski definition) is 0. The molecule has 1 aromatic heterocycles. The molecule has 4 nitrogen and oxygen atoms in total. The van der Waals surface area contributed by atoms with Crippen LogP contribution in [0.3, 0.4) is 0 Å². The zero-order chi connectivity index (χ0) is 14.1. The van der Waals surface area contributed by atoms with Crippen molar-refractivity contribution in [1.82, 2.24) is 9.88 Å². The quantitative estimate of drug-likeness (QED) is 0.783. The highest BCUT2D eigenvalue weighted by Crippen LogP contribution is 2.22. The summed E-state index contributed by atoms with van der Waals surface area (Å²) in [6, 6.07) is 8.23. The second-order valence-electron chi connectivity index (χ2n) is 5.45. The number of carbonyl (C=O) groups is 1. The average Bonchev–Trinajstić information content (AvgIpc) is 2.47. The highest BCUT2D eigenvalue weighted by Gasteiger charge is 2.14. The van der Waals surface area contributed by atoms with Gasteiger partial charge < -0.3 is 9.80 Å². The Morgan fingerprint density at radius 1 is 1.15 bits per heavy atom. The Morgan fingerprint density at radius 3 is 2.60 bits per heavy atom. The summed E-state index contributed by atoms with van der Waals surface area (Å²) in [6.45, 7) is 5.84. The monoisotopic (exact) mass is 269 g/mol. The molecule has 0 spiro atoms. The van der Waals surface area contributed by atoms with Crippen molar-refractivity contribution in [2.75, 3.05) is 38.1 Å². The summed E-state index contributed by atoms with van der Waals surface area (Å²) < 4.78 is 0. The summed E-state index contributed by atoms with van der Waals surface area (Å²) in [5.74, 6) is 0.0596. The van der Waals surface area contributed by atoms with Crippen LogP contribution >= 0.6 is 0 Å². The molecular weight excluding hydrogens is 250 g/mol. The molecule has 0 unspecified atom stereocenters. The SMILES string of the molecule is CC(=O)c1cnc2ccc(N3CCN(C)CC3)cc2c1. The van der Waals surface area contributed by atoms with Gasteiger partial charge in [0.05, 0.1) is 5.52 Å². The van der Waals surface area contributed by atoms with E-state index in [2.05, 4.69) is 34.0 Å². The van der Waals surface area contributed by atoms with E-state index >= 15 is 0 Å². The Kier molecular flexibility index (Phi) is 3.40. The van der Waals surface area contributed by atoms with Crippen LogP contribution in [0.5, 0.6) is 0 Å². The lowest BCUT2D eigenvalue weighted by atomic mass is 10.1. The molecule has 2 aromatic rings. The first kappa shape index (κ1) is 13.1. The number of hydrogen-bond acceptors (Lipinski definition) is 4. The number of ketones is 1. The van der Waals surface area contributed by atoms with E-state index in [1.165, 1.54) is 5.69 Å². The molecule has 3 rings (SSSR count). The molecule has 2 heterocycles. The Balaban J connectivity index is 1.94. The summed E-state index contributed by atoms with van der Waals surface area (Å²) in [5.41, 5.74) is 2.83. The van der Waals surface area contributed by atoms with Gasteiger partial charge in [0.15, 0.2) is 5.78 Å². The number of piperazine rings is 1. The number of nitrogens with zero attached hydrogens (tertiary/aromatic N) is 3. The van der Waals surface area contributed by atoms with Crippen LogP contribution in [-0.4, -0.2) is 48.9 Å². The van der Waals surface area contributed by atoms with Crippen molar-refractivity contribution in [1.29, 1.82) is 0 Å². The first-order valence-corrected chi connectivity index (χ1v) is 6.98. The maximum absolute atomic E-state index is 11.5. The highest BCUT2D eigenvalue weighted by atomic mass is 16.1. The van der Waals surface area contributed by atoms with Crippen molar-refractivity contribution in [2.45, 2.75) is 6.92 Å². The molecule has 4 heteroatoms. The normalized spacial score (nSPS) is 16.6. The Labute approximate surface area is 119 Å². The summed E-state index contributed by atoms with van der Waals surface area (Å²) in [7, 11) is 2.15. The molecule has 104 valence electrons. The van der Waals surface area contributed by atoms with Gasteiger partial charge in [-0.3, -0.25) is 9.78 Å². The summed E-state index contributed by atoms with van der Waals surface area (Å²) in [6.07, 6.45) is 1.65. The number of fused-ring (bicyclic) bond motifs is 1. The van der Waals surface area contributed by atoms with Gasteiger partial charge in [0.25, 0.3) is 0 Å². The smallest absolute Gasteiger partial charge is 0.161 e. The molecule has 20 heavy (non-hydrogen) atoms. The van der Waals surface area contributed by atoms with Crippen molar-refractivity contribution in [3.63, 3.8) is 0 Å². The number of aromatic nitrogens is 1. The maximum Gasteiger partial charge on any atom is 0.161 e. The molecule has 0 atom stereocenters. The molecule has 0 saturated carbocycles. The highest BCUT2D eigenvalue weighted by molar-refractivity contribution is 5.97. The van der Waals surface area contributed by atoms with E-state index in [-0.39, 0.29) is 5.78 Å². The first-order chi connectivity index (χ1) is 9.63. The van der Waals surface area contributed by atoms with E-state index in [0.717, 1.165) is 37.1 Å². The summed E-state index contributed by atoms with van der Waals surface area (Å²) in [5, 5.41) is 1.04. The summed E-state index contributed by atoms with van der Waals surface area (Å²) >= 11 is 0. The first-order valence-electron chi connectivity index (χ1n) is 6.98. The van der Waals surface area contributed by atoms with Gasteiger partial charge in [-0.05, 0) is 38.2 Å². The largest absolute Gasteiger partial charge is 0.369 e. The Morgan fingerprint density at radius 2 is 1.90 bits per heavy atom. The molecular formula is C16H19N3O. The van der Waals surface area contributed by atoms with Crippen LogP contribution in [-0.2, 0) is 0 Å². The maximum atomic E-state index is 11.5. The zero-order valence-corrected chi connectivity index (χ0v) is 12.0. The second kappa shape index (κ2) is 5.21. The van der Waals surface area contributed by atoms with E-state index in [1.54, 1.807) is 13.1 Å². The predicted molar refractivity (Wildman–Crippen MR) is 81.5 cm³/mol. The number of anilines is 1. The third kappa shape index (κ3) is 2.51. The molecule has 1 aliphatic heterocycles. The molecule has 1 fully saturated rings. The van der Waals surface area contributed by atoms with Gasteiger partial charge in [0.1, 0.15) is 0 Å². The molecule has 1 aliphatic rings. The van der Waals surface area contributed by atoms with Crippen LogP contribution in [0.15, 0.2) is 30.5 Å². The van der Waals surface area contributed by atoms with Gasteiger partial charge in [-0.1, -0.05) is 0 Å². The zero-order valence-electron chi connectivity index (χ0n) is 12.0. The minimum absolute atomic E-state index is 0.0596. The van der Waals surface area contributed by atoms with Gasteiger partial charge in [-0.15, -0.1) is 0 Å². The van der Waals surface area contributed by atoms with Crippen LogP contribution in [0.1, 0.15) is 17.3 Å². The molecule has 1 aromatic carbocycles. The fourth-order valence-electron chi connectivity index (χ4n) is 2.57. The number of carbonyl (C=O) groups excluding carboxylic acids is 1. The second-order valence-corrected chi connectivity index (χ2v) is 5.45. The Bertz CT molecular complexity index is 645. The fraction of sp³-hybridized carbons (Fsp3) is 0.375. The van der Waals surface area contributed by atoms with E-state index in [4.69, 9.17) is 0 Å². The lowest BCUT2D eigenvalue weighted by molar-refractivity contribution is 0.101.